The number of hydrazine groups is 1. The van der Waals surface area contributed by atoms with Crippen LogP contribution in [0.5, 0.6) is 5.75 Å². The monoisotopic (exact) mass is 421 g/mol. The maximum absolute atomic E-state index is 11.9. The van der Waals surface area contributed by atoms with Gasteiger partial charge in [-0.3, -0.25) is 20.4 Å². The second kappa shape index (κ2) is 8.14. The number of carbonyl (C=O) groups is 2. The van der Waals surface area contributed by atoms with Crippen LogP contribution in [-0.4, -0.2) is 18.4 Å². The third-order valence-corrected chi connectivity index (χ3v) is 3.73. The molecule has 0 aliphatic rings. The van der Waals surface area contributed by atoms with Gasteiger partial charge in [0.1, 0.15) is 5.75 Å². The molecule has 0 aliphatic heterocycles. The van der Waals surface area contributed by atoms with Crippen molar-refractivity contribution < 1.29 is 14.3 Å². The maximum Gasteiger partial charge on any atom is 0.276 e. The molecule has 2 amide bonds. The molecule has 116 valence electrons. The van der Waals surface area contributed by atoms with Gasteiger partial charge in [-0.15, -0.1) is 0 Å². The van der Waals surface area contributed by atoms with Crippen molar-refractivity contribution in [2.24, 2.45) is 0 Å². The Hall–Kier alpha value is -2.60. The molecule has 0 saturated carbocycles. The standard InChI is InChI=1S/C16H12IN3O3/c17-14-4-2-1-3-13(14)16(22)20-19-15(21)10-23-12-7-5-11(9-18)6-8-12/h1-8H,10H2,(H,19,21)(H,20,22). The molecule has 0 heterocycles. The van der Waals surface area contributed by atoms with Gasteiger partial charge in [0.15, 0.2) is 6.61 Å². The van der Waals surface area contributed by atoms with Gasteiger partial charge in [0.05, 0.1) is 17.2 Å². The lowest BCUT2D eigenvalue weighted by atomic mass is 10.2. The van der Waals surface area contributed by atoms with Crippen LogP contribution in [0.2, 0.25) is 0 Å². The first kappa shape index (κ1) is 16.8. The third kappa shape index (κ3) is 4.96. The molecule has 0 unspecified atom stereocenters. The van der Waals surface area contributed by atoms with E-state index in [4.69, 9.17) is 10.00 Å². The van der Waals surface area contributed by atoms with Crippen LogP contribution < -0.4 is 15.6 Å². The van der Waals surface area contributed by atoms with Crippen LogP contribution in [0.15, 0.2) is 48.5 Å². The van der Waals surface area contributed by atoms with Gasteiger partial charge in [0, 0.05) is 3.57 Å². The number of nitrogens with zero attached hydrogens (tertiary/aromatic N) is 1. The van der Waals surface area contributed by atoms with Gasteiger partial charge in [-0.25, -0.2) is 0 Å². The minimum absolute atomic E-state index is 0.252. The molecule has 2 N–H and O–H groups in total. The highest BCUT2D eigenvalue weighted by Crippen LogP contribution is 2.11. The first-order valence-electron chi connectivity index (χ1n) is 6.57. The number of hydrogen-bond acceptors (Lipinski definition) is 4. The number of nitriles is 1. The summed E-state index contributed by atoms with van der Waals surface area (Å²) in [6.45, 7) is -0.252. The van der Waals surface area contributed by atoms with Crippen LogP contribution in [0.4, 0.5) is 0 Å². The minimum atomic E-state index is -0.492. The number of benzene rings is 2. The number of halogens is 1. The zero-order valence-electron chi connectivity index (χ0n) is 11.9. The molecule has 0 fully saturated rings. The molecule has 2 rings (SSSR count). The van der Waals surface area contributed by atoms with Crippen LogP contribution in [-0.2, 0) is 4.79 Å². The molecule has 6 nitrogen and oxygen atoms in total. The summed E-state index contributed by atoms with van der Waals surface area (Å²) < 4.78 is 6.04. The van der Waals surface area contributed by atoms with E-state index in [1.807, 2.05) is 34.7 Å². The van der Waals surface area contributed by atoms with E-state index >= 15 is 0 Å². The molecule has 0 spiro atoms. The molecule has 2 aromatic carbocycles. The average molecular weight is 421 g/mol. The fraction of sp³-hybridized carbons (Fsp3) is 0.0625. The van der Waals surface area contributed by atoms with Crippen molar-refractivity contribution in [3.8, 4) is 11.8 Å². The van der Waals surface area contributed by atoms with Crippen LogP contribution in [0.25, 0.3) is 0 Å². The fourth-order valence-corrected chi connectivity index (χ4v) is 2.28. The van der Waals surface area contributed by atoms with E-state index in [-0.39, 0.29) is 6.61 Å². The Labute approximate surface area is 146 Å². The number of carbonyl (C=O) groups excluding carboxylic acids is 2. The molecule has 0 aliphatic carbocycles. The van der Waals surface area contributed by atoms with Crippen molar-refractivity contribution >= 4 is 34.4 Å². The van der Waals surface area contributed by atoms with E-state index in [1.54, 1.807) is 42.5 Å². The zero-order chi connectivity index (χ0) is 16.7. The Bertz CT molecular complexity index is 754. The SMILES string of the molecule is N#Cc1ccc(OCC(=O)NNC(=O)c2ccccc2I)cc1. The highest BCUT2D eigenvalue weighted by atomic mass is 127. The zero-order valence-corrected chi connectivity index (χ0v) is 14.0. The van der Waals surface area contributed by atoms with Crippen LogP contribution in [0, 0.1) is 14.9 Å². The maximum atomic E-state index is 11.9. The summed E-state index contributed by atoms with van der Waals surface area (Å²) in [6, 6.07) is 15.4. The highest BCUT2D eigenvalue weighted by Gasteiger charge is 2.10. The minimum Gasteiger partial charge on any atom is -0.484 e. The van der Waals surface area contributed by atoms with Crippen molar-refractivity contribution in [2.75, 3.05) is 6.61 Å². The van der Waals surface area contributed by atoms with E-state index in [9.17, 15) is 9.59 Å². The largest absolute Gasteiger partial charge is 0.484 e. The molecule has 0 atom stereocenters. The average Bonchev–Trinajstić information content (AvgIpc) is 2.58. The molecular weight excluding hydrogens is 409 g/mol. The molecule has 0 bridgehead atoms. The molecule has 0 radical (unpaired) electrons. The lowest BCUT2D eigenvalue weighted by molar-refractivity contribution is -0.123. The van der Waals surface area contributed by atoms with Crippen LogP contribution in [0.1, 0.15) is 15.9 Å². The molecule has 7 heteroatoms. The van der Waals surface area contributed by atoms with E-state index in [2.05, 4.69) is 10.9 Å². The van der Waals surface area contributed by atoms with Gasteiger partial charge in [-0.1, -0.05) is 12.1 Å². The van der Waals surface area contributed by atoms with Gasteiger partial charge in [0.25, 0.3) is 11.8 Å². The Morgan fingerprint density at radius 3 is 2.43 bits per heavy atom. The van der Waals surface area contributed by atoms with Gasteiger partial charge in [-0.05, 0) is 59.0 Å². The lowest BCUT2D eigenvalue weighted by Crippen LogP contribution is -2.44. The second-order valence-corrected chi connectivity index (χ2v) is 5.57. The van der Waals surface area contributed by atoms with Crippen molar-refractivity contribution in [3.05, 3.63) is 63.2 Å². The van der Waals surface area contributed by atoms with E-state index in [1.165, 1.54) is 0 Å². The molecule has 23 heavy (non-hydrogen) atoms. The van der Waals surface area contributed by atoms with Crippen LogP contribution in [0.3, 0.4) is 0 Å². The van der Waals surface area contributed by atoms with E-state index < -0.39 is 11.8 Å². The van der Waals surface area contributed by atoms with E-state index in [0.29, 0.717) is 16.9 Å². The van der Waals surface area contributed by atoms with Crippen molar-refractivity contribution in [1.82, 2.24) is 10.9 Å². The summed E-state index contributed by atoms with van der Waals surface area (Å²) in [5.74, 6) is -0.432. The lowest BCUT2D eigenvalue weighted by Gasteiger charge is -2.09. The summed E-state index contributed by atoms with van der Waals surface area (Å²) in [7, 11) is 0. The predicted octanol–water partition coefficient (Wildman–Crippen LogP) is 2.00. The molecule has 0 aromatic heterocycles. The first-order chi connectivity index (χ1) is 11.1. The summed E-state index contributed by atoms with van der Waals surface area (Å²) in [4.78, 5) is 23.6. The normalized spacial score (nSPS) is 9.57. The summed E-state index contributed by atoms with van der Waals surface area (Å²) in [6.07, 6.45) is 0. The second-order valence-electron chi connectivity index (χ2n) is 4.41. The third-order valence-electron chi connectivity index (χ3n) is 2.79. The van der Waals surface area contributed by atoms with Crippen molar-refractivity contribution in [1.29, 1.82) is 5.26 Å². The number of nitrogens with one attached hydrogen (secondary N) is 2. The quantitative estimate of drug-likeness (QED) is 0.584. The van der Waals surface area contributed by atoms with Gasteiger partial charge in [0.2, 0.25) is 0 Å². The number of rotatable bonds is 4. The topological polar surface area (TPSA) is 91.2 Å². The van der Waals surface area contributed by atoms with Crippen molar-refractivity contribution in [3.63, 3.8) is 0 Å². The van der Waals surface area contributed by atoms with Crippen molar-refractivity contribution in [2.45, 2.75) is 0 Å². The Kier molecular flexibility index (Phi) is 5.94. The Morgan fingerprint density at radius 2 is 1.78 bits per heavy atom. The summed E-state index contributed by atoms with van der Waals surface area (Å²) >= 11 is 2.04. The smallest absolute Gasteiger partial charge is 0.276 e. The summed E-state index contributed by atoms with van der Waals surface area (Å²) in [5, 5.41) is 8.69. The molecule has 2 aromatic rings. The first-order valence-corrected chi connectivity index (χ1v) is 7.64. The number of ether oxygens (including phenoxy) is 1. The van der Waals surface area contributed by atoms with Crippen LogP contribution >= 0.6 is 22.6 Å². The van der Waals surface area contributed by atoms with E-state index in [0.717, 1.165) is 3.57 Å². The van der Waals surface area contributed by atoms with Gasteiger partial charge in [-0.2, -0.15) is 5.26 Å². The highest BCUT2D eigenvalue weighted by molar-refractivity contribution is 14.1. The number of amides is 2. The molecular formula is C16H12IN3O3. The Balaban J connectivity index is 1.80. The predicted molar refractivity (Wildman–Crippen MR) is 91.4 cm³/mol. The summed E-state index contributed by atoms with van der Waals surface area (Å²) in [5.41, 5.74) is 5.59. The van der Waals surface area contributed by atoms with Gasteiger partial charge >= 0.3 is 0 Å². The fourth-order valence-electron chi connectivity index (χ4n) is 1.65. The molecule has 0 saturated heterocycles. The van der Waals surface area contributed by atoms with Gasteiger partial charge < -0.3 is 4.74 Å². The number of hydrogen-bond donors (Lipinski definition) is 2. The Morgan fingerprint density at radius 1 is 1.09 bits per heavy atom.